The third kappa shape index (κ3) is 3.22. The molecule has 6 heteroatoms. The molecule has 27 heavy (non-hydrogen) atoms. The second-order valence-electron chi connectivity index (χ2n) is 6.67. The molecule has 0 aliphatic heterocycles. The first-order valence-corrected chi connectivity index (χ1v) is 10.0. The fourth-order valence-corrected chi connectivity index (χ4v) is 4.72. The van der Waals surface area contributed by atoms with E-state index in [0.717, 1.165) is 21.2 Å². The molecule has 138 valence electrons. The summed E-state index contributed by atoms with van der Waals surface area (Å²) in [5.41, 5.74) is 1.56. The van der Waals surface area contributed by atoms with Gasteiger partial charge in [0.2, 0.25) is 0 Å². The van der Waals surface area contributed by atoms with Crippen LogP contribution in [0.15, 0.2) is 47.8 Å². The van der Waals surface area contributed by atoms with Crippen LogP contribution in [0.3, 0.4) is 0 Å². The number of rotatable bonds is 4. The van der Waals surface area contributed by atoms with E-state index >= 15 is 0 Å². The van der Waals surface area contributed by atoms with E-state index in [4.69, 9.17) is 16.3 Å². The maximum atomic E-state index is 13.1. The van der Waals surface area contributed by atoms with Gasteiger partial charge in [-0.3, -0.25) is 4.79 Å². The number of carbonyl (C=O) groups is 2. The fraction of sp³-hybridized carbons (Fsp3) is 0.238. The summed E-state index contributed by atoms with van der Waals surface area (Å²) >= 11 is 7.58. The van der Waals surface area contributed by atoms with Gasteiger partial charge in [-0.1, -0.05) is 35.9 Å². The van der Waals surface area contributed by atoms with Crippen molar-refractivity contribution in [2.24, 2.45) is 0 Å². The Balaban J connectivity index is 1.69. The normalized spacial score (nSPS) is 14.7. The van der Waals surface area contributed by atoms with Crippen molar-refractivity contribution < 1.29 is 14.3 Å². The van der Waals surface area contributed by atoms with Crippen molar-refractivity contribution in [2.75, 3.05) is 6.61 Å². The number of ether oxygens (including phenoxy) is 1. The molecule has 0 bridgehead atoms. The number of benzene rings is 2. The van der Waals surface area contributed by atoms with Crippen LogP contribution >= 0.6 is 22.9 Å². The first kappa shape index (κ1) is 18.0. The van der Waals surface area contributed by atoms with E-state index in [0.29, 0.717) is 23.4 Å². The highest BCUT2D eigenvalue weighted by Crippen LogP contribution is 2.33. The lowest BCUT2D eigenvalue weighted by molar-refractivity contribution is -0.150. The van der Waals surface area contributed by atoms with Crippen LogP contribution in [0, 0.1) is 0 Å². The zero-order valence-corrected chi connectivity index (χ0v) is 16.3. The quantitative estimate of drug-likeness (QED) is 0.662. The van der Waals surface area contributed by atoms with Gasteiger partial charge in [0.25, 0.3) is 5.91 Å². The predicted octanol–water partition coefficient (Wildman–Crippen LogP) is 4.39. The third-order valence-corrected chi connectivity index (χ3v) is 6.10. The van der Waals surface area contributed by atoms with Crippen LogP contribution in [0.1, 0.15) is 28.4 Å². The maximum absolute atomic E-state index is 13.1. The van der Waals surface area contributed by atoms with E-state index in [9.17, 15) is 9.59 Å². The SMILES string of the molecule is CCOC(=O)C1(NC(=O)c2csc3ccc(Cl)cc23)Cc2ccccc2C1. The third-order valence-electron chi connectivity index (χ3n) is 4.90. The lowest BCUT2D eigenvalue weighted by Crippen LogP contribution is -2.56. The Labute approximate surface area is 166 Å². The number of thiophene rings is 1. The lowest BCUT2D eigenvalue weighted by Gasteiger charge is -2.27. The van der Waals surface area contributed by atoms with Crippen LogP contribution < -0.4 is 5.32 Å². The molecule has 0 radical (unpaired) electrons. The second-order valence-corrected chi connectivity index (χ2v) is 8.02. The zero-order valence-electron chi connectivity index (χ0n) is 14.8. The summed E-state index contributed by atoms with van der Waals surface area (Å²) in [5, 5.41) is 6.15. The van der Waals surface area contributed by atoms with E-state index in [1.165, 1.54) is 11.3 Å². The Kier molecular flexibility index (Phi) is 4.66. The van der Waals surface area contributed by atoms with Gasteiger partial charge in [0.05, 0.1) is 12.2 Å². The lowest BCUT2D eigenvalue weighted by atomic mass is 9.95. The van der Waals surface area contributed by atoms with Gasteiger partial charge in [-0.15, -0.1) is 11.3 Å². The van der Waals surface area contributed by atoms with Crippen LogP contribution in [0.5, 0.6) is 0 Å². The van der Waals surface area contributed by atoms with Crippen molar-refractivity contribution in [3.63, 3.8) is 0 Å². The minimum atomic E-state index is -1.08. The molecule has 0 spiro atoms. The largest absolute Gasteiger partial charge is 0.464 e. The van der Waals surface area contributed by atoms with Crippen molar-refractivity contribution >= 4 is 44.9 Å². The second kappa shape index (κ2) is 6.98. The molecule has 0 saturated carbocycles. The molecule has 3 aromatic rings. The topological polar surface area (TPSA) is 55.4 Å². The van der Waals surface area contributed by atoms with Crippen LogP contribution in [0.4, 0.5) is 0 Å². The van der Waals surface area contributed by atoms with E-state index in [1.54, 1.807) is 24.4 Å². The van der Waals surface area contributed by atoms with Gasteiger partial charge in [-0.2, -0.15) is 0 Å². The number of nitrogens with one attached hydrogen (secondary N) is 1. The van der Waals surface area contributed by atoms with Crippen molar-refractivity contribution in [1.82, 2.24) is 5.32 Å². The van der Waals surface area contributed by atoms with Gasteiger partial charge in [0.1, 0.15) is 5.54 Å². The van der Waals surface area contributed by atoms with Crippen LogP contribution in [-0.4, -0.2) is 24.0 Å². The Morgan fingerprint density at radius 2 is 1.89 bits per heavy atom. The summed E-state index contributed by atoms with van der Waals surface area (Å²) in [6, 6.07) is 13.3. The number of fused-ring (bicyclic) bond motifs is 2. The standard InChI is InChI=1S/C21H18ClNO3S/c1-2-26-20(25)21(10-13-5-3-4-6-14(13)11-21)23-19(24)17-12-27-18-8-7-15(22)9-16(17)18/h3-9,12H,2,10-11H2,1H3,(H,23,24). The molecule has 0 unspecified atom stereocenters. The molecule has 4 nitrogen and oxygen atoms in total. The Hall–Kier alpha value is -2.37. The zero-order chi connectivity index (χ0) is 19.0. The summed E-state index contributed by atoms with van der Waals surface area (Å²) in [5.74, 6) is -0.684. The molecule has 1 aliphatic rings. The Bertz CT molecular complexity index is 1020. The summed E-state index contributed by atoms with van der Waals surface area (Å²) in [4.78, 5) is 25.9. The summed E-state index contributed by atoms with van der Waals surface area (Å²) in [6.07, 6.45) is 0.854. The number of amides is 1. The average Bonchev–Trinajstić information content (AvgIpc) is 3.23. The predicted molar refractivity (Wildman–Crippen MR) is 108 cm³/mol. The van der Waals surface area contributed by atoms with Crippen molar-refractivity contribution in [2.45, 2.75) is 25.3 Å². The van der Waals surface area contributed by atoms with Gasteiger partial charge in [-0.05, 0) is 36.2 Å². The molecule has 2 aromatic carbocycles. The average molecular weight is 400 g/mol. The molecule has 4 rings (SSSR count). The van der Waals surface area contributed by atoms with E-state index in [1.807, 2.05) is 30.3 Å². The summed E-state index contributed by atoms with van der Waals surface area (Å²) in [7, 11) is 0. The fourth-order valence-electron chi connectivity index (χ4n) is 3.63. The highest BCUT2D eigenvalue weighted by molar-refractivity contribution is 7.17. The molecule has 1 N–H and O–H groups in total. The summed E-state index contributed by atoms with van der Waals surface area (Å²) < 4.78 is 6.29. The number of hydrogen-bond acceptors (Lipinski definition) is 4. The highest BCUT2D eigenvalue weighted by atomic mass is 35.5. The van der Waals surface area contributed by atoms with Gasteiger partial charge >= 0.3 is 5.97 Å². The molecular formula is C21H18ClNO3S. The number of hydrogen-bond donors (Lipinski definition) is 1. The van der Waals surface area contributed by atoms with Crippen molar-refractivity contribution in [1.29, 1.82) is 0 Å². The molecule has 1 aromatic heterocycles. The minimum absolute atomic E-state index is 0.268. The van der Waals surface area contributed by atoms with E-state index in [-0.39, 0.29) is 12.5 Å². The molecule has 0 saturated heterocycles. The monoisotopic (exact) mass is 399 g/mol. The van der Waals surface area contributed by atoms with Crippen LogP contribution in [0.25, 0.3) is 10.1 Å². The van der Waals surface area contributed by atoms with E-state index in [2.05, 4.69) is 5.32 Å². The maximum Gasteiger partial charge on any atom is 0.332 e. The molecular weight excluding hydrogens is 382 g/mol. The molecule has 0 fully saturated rings. The van der Waals surface area contributed by atoms with Gasteiger partial charge in [-0.25, -0.2) is 4.79 Å². The van der Waals surface area contributed by atoms with Gasteiger partial charge in [0, 0.05) is 33.3 Å². The first-order valence-electron chi connectivity index (χ1n) is 8.76. The molecule has 0 atom stereocenters. The number of halogens is 1. The molecule has 1 heterocycles. The summed E-state index contributed by atoms with van der Waals surface area (Å²) in [6.45, 7) is 2.04. The molecule has 1 aliphatic carbocycles. The minimum Gasteiger partial charge on any atom is -0.464 e. The van der Waals surface area contributed by atoms with Gasteiger partial charge in [0.15, 0.2) is 0 Å². The van der Waals surface area contributed by atoms with Gasteiger partial charge < -0.3 is 10.1 Å². The van der Waals surface area contributed by atoms with Crippen molar-refractivity contribution in [3.05, 3.63) is 69.6 Å². The Morgan fingerprint density at radius 1 is 1.19 bits per heavy atom. The smallest absolute Gasteiger partial charge is 0.332 e. The number of esters is 1. The Morgan fingerprint density at radius 3 is 2.56 bits per heavy atom. The van der Waals surface area contributed by atoms with Crippen molar-refractivity contribution in [3.8, 4) is 0 Å². The first-order chi connectivity index (χ1) is 13.0. The van der Waals surface area contributed by atoms with Crippen LogP contribution in [-0.2, 0) is 22.4 Å². The number of carbonyl (C=O) groups excluding carboxylic acids is 2. The highest BCUT2D eigenvalue weighted by Gasteiger charge is 2.46. The van der Waals surface area contributed by atoms with E-state index < -0.39 is 11.5 Å². The molecule has 1 amide bonds. The van der Waals surface area contributed by atoms with Crippen LogP contribution in [0.2, 0.25) is 5.02 Å².